The van der Waals surface area contributed by atoms with Crippen LogP contribution in [0.25, 0.3) is 0 Å². The summed E-state index contributed by atoms with van der Waals surface area (Å²) < 4.78 is 0. The average molecular weight is 321 g/mol. The third-order valence-electron chi connectivity index (χ3n) is 5.58. The van der Waals surface area contributed by atoms with Crippen LogP contribution in [0.4, 0.5) is 5.69 Å². The van der Waals surface area contributed by atoms with Gasteiger partial charge in [-0.15, -0.1) is 0 Å². The fourth-order valence-electron chi connectivity index (χ4n) is 4.32. The topological polar surface area (TPSA) is 24.8 Å². The van der Waals surface area contributed by atoms with Crippen molar-refractivity contribution in [3.8, 4) is 0 Å². The lowest BCUT2D eigenvalue weighted by atomic mass is 9.87. The third kappa shape index (κ3) is 2.73. The van der Waals surface area contributed by atoms with Crippen LogP contribution in [0.1, 0.15) is 35.6 Å². The molecule has 0 fully saturated rings. The highest BCUT2D eigenvalue weighted by Crippen LogP contribution is 2.28. The summed E-state index contributed by atoms with van der Waals surface area (Å²) in [5, 5.41) is 0. The van der Waals surface area contributed by atoms with Crippen LogP contribution in [0.5, 0.6) is 0 Å². The zero-order valence-electron chi connectivity index (χ0n) is 14.3. The van der Waals surface area contributed by atoms with Crippen LogP contribution in [0.2, 0.25) is 0 Å². The zero-order valence-corrected chi connectivity index (χ0v) is 14.3. The lowest BCUT2D eigenvalue weighted by molar-refractivity contribution is -0.905. The molecule has 2 atom stereocenters. The van der Waals surface area contributed by atoms with Crippen LogP contribution in [-0.4, -0.2) is 26.0 Å². The highest BCUT2D eigenvalue weighted by Gasteiger charge is 2.31. The molecule has 0 aromatic heterocycles. The monoisotopic (exact) mass is 321 g/mol. The minimum Gasteiger partial charge on any atom is -0.323 e. The van der Waals surface area contributed by atoms with E-state index >= 15 is 0 Å². The average Bonchev–Trinajstić information content (AvgIpc) is 3.05. The maximum absolute atomic E-state index is 12.9. The van der Waals surface area contributed by atoms with Gasteiger partial charge in [0.25, 0.3) is 5.91 Å². The minimum absolute atomic E-state index is 0.250. The molecule has 1 unspecified atom stereocenters. The van der Waals surface area contributed by atoms with E-state index in [2.05, 4.69) is 49.5 Å². The van der Waals surface area contributed by atoms with Crippen molar-refractivity contribution >= 4 is 11.6 Å². The Hall–Kier alpha value is -2.13. The van der Waals surface area contributed by atoms with Gasteiger partial charge in [-0.1, -0.05) is 42.5 Å². The number of anilines is 1. The van der Waals surface area contributed by atoms with Gasteiger partial charge in [-0.05, 0) is 36.5 Å². The number of quaternary nitrogens is 1. The van der Waals surface area contributed by atoms with E-state index in [1.54, 1.807) is 0 Å². The molecule has 1 N–H and O–H groups in total. The molecule has 3 heteroatoms. The number of carbonyl (C=O) groups excluding carboxylic acids is 1. The first-order valence-corrected chi connectivity index (χ1v) is 9.02. The Balaban J connectivity index is 1.49. The SMILES string of the molecule is C[NH+](CC(=O)N1CCc2ccccc21)[C@H]1CCCc2ccccc21. The Labute approximate surface area is 143 Å². The number of fused-ring (bicyclic) bond motifs is 2. The molecule has 24 heavy (non-hydrogen) atoms. The van der Waals surface area contributed by atoms with Crippen molar-refractivity contribution in [1.82, 2.24) is 0 Å². The van der Waals surface area contributed by atoms with E-state index in [1.165, 1.54) is 40.9 Å². The summed E-state index contributed by atoms with van der Waals surface area (Å²) in [6.45, 7) is 1.39. The van der Waals surface area contributed by atoms with Gasteiger partial charge in [0.2, 0.25) is 0 Å². The molecular formula is C21H25N2O+. The number of rotatable bonds is 3. The van der Waals surface area contributed by atoms with E-state index in [-0.39, 0.29) is 5.91 Å². The molecule has 0 bridgehead atoms. The van der Waals surface area contributed by atoms with Crippen molar-refractivity contribution in [2.45, 2.75) is 31.7 Å². The van der Waals surface area contributed by atoms with Gasteiger partial charge < -0.3 is 9.80 Å². The number of nitrogens with zero attached hydrogens (tertiary/aromatic N) is 1. The number of hydrogen-bond acceptors (Lipinski definition) is 1. The molecule has 1 aliphatic carbocycles. The molecule has 1 amide bonds. The number of benzene rings is 2. The number of likely N-dealkylation sites (N-methyl/N-ethyl adjacent to an activating group) is 1. The highest BCUT2D eigenvalue weighted by molar-refractivity contribution is 5.96. The fourth-order valence-corrected chi connectivity index (χ4v) is 4.32. The largest absolute Gasteiger partial charge is 0.323 e. The van der Waals surface area contributed by atoms with Crippen molar-refractivity contribution in [2.75, 3.05) is 25.0 Å². The number of amides is 1. The van der Waals surface area contributed by atoms with E-state index in [9.17, 15) is 4.79 Å². The van der Waals surface area contributed by atoms with E-state index in [0.717, 1.165) is 18.7 Å². The Bertz CT molecular complexity index is 755. The number of hydrogen-bond donors (Lipinski definition) is 1. The Morgan fingerprint density at radius 1 is 1.08 bits per heavy atom. The first-order valence-electron chi connectivity index (χ1n) is 9.02. The van der Waals surface area contributed by atoms with E-state index < -0.39 is 0 Å². The lowest BCUT2D eigenvalue weighted by Crippen LogP contribution is -3.10. The molecule has 0 radical (unpaired) electrons. The molecule has 2 aromatic carbocycles. The molecular weight excluding hydrogens is 296 g/mol. The van der Waals surface area contributed by atoms with Crippen LogP contribution < -0.4 is 9.80 Å². The first-order chi connectivity index (χ1) is 11.7. The molecule has 1 heterocycles. The van der Waals surface area contributed by atoms with Gasteiger partial charge in [0.15, 0.2) is 6.54 Å². The Kier molecular flexibility index (Phi) is 4.11. The van der Waals surface area contributed by atoms with Crippen LogP contribution in [-0.2, 0) is 17.6 Å². The van der Waals surface area contributed by atoms with Crippen molar-refractivity contribution in [3.05, 3.63) is 65.2 Å². The number of nitrogens with one attached hydrogen (secondary N) is 1. The Morgan fingerprint density at radius 2 is 1.83 bits per heavy atom. The molecule has 124 valence electrons. The molecule has 3 nitrogen and oxygen atoms in total. The van der Waals surface area contributed by atoms with Crippen LogP contribution in [0.15, 0.2) is 48.5 Å². The summed E-state index contributed by atoms with van der Waals surface area (Å²) in [5.41, 5.74) is 5.31. The van der Waals surface area contributed by atoms with Gasteiger partial charge in [0.05, 0.1) is 7.05 Å². The maximum Gasteiger partial charge on any atom is 0.282 e. The number of para-hydroxylation sites is 1. The molecule has 2 aromatic rings. The Morgan fingerprint density at radius 3 is 2.71 bits per heavy atom. The van der Waals surface area contributed by atoms with Crippen LogP contribution in [0.3, 0.4) is 0 Å². The summed E-state index contributed by atoms with van der Waals surface area (Å²) in [5.74, 6) is 0.250. The predicted octanol–water partition coefficient (Wildman–Crippen LogP) is 2.17. The quantitative estimate of drug-likeness (QED) is 0.921. The highest BCUT2D eigenvalue weighted by atomic mass is 16.2. The summed E-state index contributed by atoms with van der Waals surface area (Å²) in [6.07, 6.45) is 4.55. The van der Waals surface area contributed by atoms with Gasteiger partial charge in [-0.3, -0.25) is 4.79 Å². The van der Waals surface area contributed by atoms with Gasteiger partial charge in [0, 0.05) is 24.2 Å². The second-order valence-corrected chi connectivity index (χ2v) is 7.09. The molecule has 0 spiro atoms. The standard InChI is InChI=1S/C21H24N2O/c1-22(20-12-6-9-16-7-2-4-10-18(16)20)15-21(24)23-14-13-17-8-3-5-11-19(17)23/h2-5,7-8,10-11,20H,6,9,12-15H2,1H3/p+1/t20-/m0/s1. The molecule has 2 aliphatic rings. The van der Waals surface area contributed by atoms with Crippen molar-refractivity contribution in [2.24, 2.45) is 0 Å². The fraction of sp³-hybridized carbons (Fsp3) is 0.381. The second kappa shape index (κ2) is 6.40. The molecule has 1 aliphatic heterocycles. The van der Waals surface area contributed by atoms with Crippen LogP contribution in [0, 0.1) is 0 Å². The summed E-state index contributed by atoms with van der Waals surface area (Å²) in [7, 11) is 2.17. The van der Waals surface area contributed by atoms with Gasteiger partial charge in [0.1, 0.15) is 6.04 Å². The van der Waals surface area contributed by atoms with Gasteiger partial charge in [-0.25, -0.2) is 0 Å². The maximum atomic E-state index is 12.9. The molecule has 4 rings (SSSR count). The predicted molar refractivity (Wildman–Crippen MR) is 96.4 cm³/mol. The first kappa shape index (κ1) is 15.4. The number of aryl methyl sites for hydroxylation is 1. The second-order valence-electron chi connectivity index (χ2n) is 7.09. The van der Waals surface area contributed by atoms with Gasteiger partial charge >= 0.3 is 0 Å². The summed E-state index contributed by atoms with van der Waals surface area (Å²) in [4.78, 5) is 16.2. The smallest absolute Gasteiger partial charge is 0.282 e. The third-order valence-corrected chi connectivity index (χ3v) is 5.58. The molecule has 0 saturated carbocycles. The van der Waals surface area contributed by atoms with Crippen molar-refractivity contribution < 1.29 is 9.69 Å². The van der Waals surface area contributed by atoms with E-state index in [0.29, 0.717) is 12.6 Å². The van der Waals surface area contributed by atoms with Crippen LogP contribution >= 0.6 is 0 Å². The normalized spacial score (nSPS) is 20.4. The van der Waals surface area contributed by atoms with E-state index in [4.69, 9.17) is 0 Å². The minimum atomic E-state index is 0.250. The zero-order chi connectivity index (χ0) is 16.5. The van der Waals surface area contributed by atoms with E-state index in [1.807, 2.05) is 11.0 Å². The van der Waals surface area contributed by atoms with Crippen molar-refractivity contribution in [3.63, 3.8) is 0 Å². The summed E-state index contributed by atoms with van der Waals surface area (Å²) in [6, 6.07) is 17.5. The van der Waals surface area contributed by atoms with Crippen molar-refractivity contribution in [1.29, 1.82) is 0 Å². The molecule has 0 saturated heterocycles. The van der Waals surface area contributed by atoms with Gasteiger partial charge in [-0.2, -0.15) is 0 Å². The number of carbonyl (C=O) groups is 1. The lowest BCUT2D eigenvalue weighted by Gasteiger charge is -2.31. The summed E-state index contributed by atoms with van der Waals surface area (Å²) >= 11 is 0.